The van der Waals surface area contributed by atoms with Crippen LogP contribution in [0.1, 0.15) is 12.8 Å². The number of halogens is 1. The first-order chi connectivity index (χ1) is 8.46. The van der Waals surface area contributed by atoms with Crippen molar-refractivity contribution >= 4 is 37.4 Å². The summed E-state index contributed by atoms with van der Waals surface area (Å²) >= 11 is 3.32. The summed E-state index contributed by atoms with van der Waals surface area (Å²) in [5.41, 5.74) is 0.678. The van der Waals surface area contributed by atoms with Gasteiger partial charge in [-0.15, -0.1) is 0 Å². The molecule has 4 nitrogen and oxygen atoms in total. The van der Waals surface area contributed by atoms with Gasteiger partial charge in [-0.05, 0) is 31.0 Å². The van der Waals surface area contributed by atoms with Crippen LogP contribution in [-0.2, 0) is 14.6 Å². The van der Waals surface area contributed by atoms with Crippen LogP contribution < -0.4 is 5.32 Å². The number of carbonyl (C=O) groups is 1. The number of anilines is 1. The van der Waals surface area contributed by atoms with Gasteiger partial charge in [0.1, 0.15) is 0 Å². The molecule has 18 heavy (non-hydrogen) atoms. The first kappa shape index (κ1) is 13.5. The van der Waals surface area contributed by atoms with Gasteiger partial charge in [0, 0.05) is 10.2 Å². The van der Waals surface area contributed by atoms with Gasteiger partial charge < -0.3 is 5.32 Å². The Kier molecular flexibility index (Phi) is 4.07. The Morgan fingerprint density at radius 2 is 2.17 bits per heavy atom. The van der Waals surface area contributed by atoms with Crippen molar-refractivity contribution in [1.82, 2.24) is 0 Å². The van der Waals surface area contributed by atoms with Crippen LogP contribution in [0.25, 0.3) is 0 Å². The Hall–Kier alpha value is -0.880. The van der Waals surface area contributed by atoms with E-state index in [0.717, 1.165) is 4.47 Å². The van der Waals surface area contributed by atoms with Crippen molar-refractivity contribution in [3.05, 3.63) is 28.7 Å². The van der Waals surface area contributed by atoms with E-state index in [1.807, 2.05) is 12.1 Å². The van der Waals surface area contributed by atoms with Crippen molar-refractivity contribution in [2.45, 2.75) is 12.8 Å². The summed E-state index contributed by atoms with van der Waals surface area (Å²) in [6, 6.07) is 7.24. The van der Waals surface area contributed by atoms with Gasteiger partial charge in [-0.2, -0.15) is 0 Å². The molecule has 1 saturated heterocycles. The third-order valence-corrected chi connectivity index (χ3v) is 5.24. The monoisotopic (exact) mass is 331 g/mol. The van der Waals surface area contributed by atoms with Gasteiger partial charge >= 0.3 is 0 Å². The Morgan fingerprint density at radius 3 is 2.83 bits per heavy atom. The lowest BCUT2D eigenvalue weighted by molar-refractivity contribution is -0.119. The number of sulfone groups is 1. The van der Waals surface area contributed by atoms with Crippen LogP contribution in [0.4, 0.5) is 5.69 Å². The van der Waals surface area contributed by atoms with Gasteiger partial charge in [0.25, 0.3) is 0 Å². The molecule has 1 atom stereocenters. The van der Waals surface area contributed by atoms with Crippen LogP contribution in [0.3, 0.4) is 0 Å². The second kappa shape index (κ2) is 5.40. The molecule has 0 bridgehead atoms. The van der Waals surface area contributed by atoms with Crippen molar-refractivity contribution in [3.8, 4) is 0 Å². The van der Waals surface area contributed by atoms with Crippen molar-refractivity contribution < 1.29 is 13.2 Å². The standard InChI is InChI=1S/C12H14BrNO3S/c13-10-4-1-5-11(7-10)14-12(15)9-3-2-6-18(16,17)8-9/h1,4-5,7,9H,2-3,6,8H2,(H,14,15). The van der Waals surface area contributed by atoms with Gasteiger partial charge in [0.15, 0.2) is 9.84 Å². The highest BCUT2D eigenvalue weighted by Gasteiger charge is 2.29. The van der Waals surface area contributed by atoms with Crippen LogP contribution in [-0.4, -0.2) is 25.8 Å². The molecule has 0 saturated carbocycles. The average Bonchev–Trinajstić information content (AvgIpc) is 2.27. The summed E-state index contributed by atoms with van der Waals surface area (Å²) in [5, 5.41) is 2.76. The number of carbonyl (C=O) groups excluding carboxylic acids is 1. The second-order valence-electron chi connectivity index (χ2n) is 4.45. The van der Waals surface area contributed by atoms with E-state index in [9.17, 15) is 13.2 Å². The van der Waals surface area contributed by atoms with E-state index in [1.165, 1.54) is 0 Å². The van der Waals surface area contributed by atoms with E-state index < -0.39 is 15.8 Å². The van der Waals surface area contributed by atoms with Crippen molar-refractivity contribution in [2.75, 3.05) is 16.8 Å². The van der Waals surface area contributed by atoms with Crippen LogP contribution in [0.15, 0.2) is 28.7 Å². The molecule has 1 fully saturated rings. The first-order valence-corrected chi connectivity index (χ1v) is 8.34. The molecule has 1 aromatic rings. The van der Waals surface area contributed by atoms with E-state index in [-0.39, 0.29) is 17.4 Å². The first-order valence-electron chi connectivity index (χ1n) is 5.73. The molecule has 0 spiro atoms. The van der Waals surface area contributed by atoms with E-state index >= 15 is 0 Å². The van der Waals surface area contributed by atoms with Crippen LogP contribution in [0.2, 0.25) is 0 Å². The Labute approximate surface area is 115 Å². The molecule has 2 rings (SSSR count). The lowest BCUT2D eigenvalue weighted by Gasteiger charge is -2.21. The maximum absolute atomic E-state index is 12.0. The fourth-order valence-corrected chi connectivity index (χ4v) is 4.14. The molecule has 1 heterocycles. The quantitative estimate of drug-likeness (QED) is 0.903. The largest absolute Gasteiger partial charge is 0.326 e. The molecular formula is C12H14BrNO3S. The molecular weight excluding hydrogens is 318 g/mol. The zero-order valence-corrected chi connectivity index (χ0v) is 12.1. The highest BCUT2D eigenvalue weighted by Crippen LogP contribution is 2.21. The summed E-state index contributed by atoms with van der Waals surface area (Å²) in [6.07, 6.45) is 1.21. The Morgan fingerprint density at radius 1 is 1.39 bits per heavy atom. The normalized spacial score (nSPS) is 22.4. The fraction of sp³-hybridized carbons (Fsp3) is 0.417. The molecule has 1 aliphatic rings. The summed E-state index contributed by atoms with van der Waals surface area (Å²) in [4.78, 5) is 12.0. The van der Waals surface area contributed by atoms with Crippen LogP contribution in [0.5, 0.6) is 0 Å². The van der Waals surface area contributed by atoms with E-state index in [2.05, 4.69) is 21.2 Å². The minimum absolute atomic E-state index is 0.0349. The minimum atomic E-state index is -3.05. The van der Waals surface area contributed by atoms with E-state index in [0.29, 0.717) is 18.5 Å². The average molecular weight is 332 g/mol. The zero-order chi connectivity index (χ0) is 13.2. The number of hydrogen-bond acceptors (Lipinski definition) is 3. The maximum atomic E-state index is 12.0. The smallest absolute Gasteiger partial charge is 0.228 e. The van der Waals surface area contributed by atoms with Gasteiger partial charge in [-0.3, -0.25) is 4.79 Å². The summed E-state index contributed by atoms with van der Waals surface area (Å²) in [7, 11) is -3.05. The molecule has 1 amide bonds. The minimum Gasteiger partial charge on any atom is -0.326 e. The molecule has 1 aliphatic heterocycles. The van der Waals surface area contributed by atoms with E-state index in [4.69, 9.17) is 0 Å². The van der Waals surface area contributed by atoms with Crippen molar-refractivity contribution in [1.29, 1.82) is 0 Å². The molecule has 0 aromatic heterocycles. The predicted octanol–water partition coefficient (Wildman–Crippen LogP) is 2.21. The fourth-order valence-electron chi connectivity index (χ4n) is 2.04. The molecule has 98 valence electrons. The number of rotatable bonds is 2. The zero-order valence-electron chi connectivity index (χ0n) is 9.73. The number of hydrogen-bond donors (Lipinski definition) is 1. The van der Waals surface area contributed by atoms with Crippen LogP contribution in [0, 0.1) is 5.92 Å². The molecule has 1 N–H and O–H groups in total. The molecule has 0 aliphatic carbocycles. The van der Waals surface area contributed by atoms with Gasteiger partial charge in [-0.1, -0.05) is 22.0 Å². The topological polar surface area (TPSA) is 63.2 Å². The summed E-state index contributed by atoms with van der Waals surface area (Å²) in [5.74, 6) is -0.473. The molecule has 1 unspecified atom stereocenters. The van der Waals surface area contributed by atoms with Gasteiger partial charge in [0.2, 0.25) is 5.91 Å². The third kappa shape index (κ3) is 3.55. The number of benzene rings is 1. The lowest BCUT2D eigenvalue weighted by atomic mass is 10.0. The number of nitrogens with one attached hydrogen (secondary N) is 1. The van der Waals surface area contributed by atoms with E-state index in [1.54, 1.807) is 12.1 Å². The summed E-state index contributed by atoms with van der Waals surface area (Å²) in [6.45, 7) is 0. The van der Waals surface area contributed by atoms with Gasteiger partial charge in [-0.25, -0.2) is 8.42 Å². The second-order valence-corrected chi connectivity index (χ2v) is 7.60. The highest BCUT2D eigenvalue weighted by atomic mass is 79.9. The Bertz CT molecular complexity index is 556. The third-order valence-electron chi connectivity index (χ3n) is 2.93. The predicted molar refractivity (Wildman–Crippen MR) is 74.1 cm³/mol. The highest BCUT2D eigenvalue weighted by molar-refractivity contribution is 9.10. The molecule has 1 aromatic carbocycles. The number of amides is 1. The molecule has 6 heteroatoms. The summed E-state index contributed by atoms with van der Waals surface area (Å²) < 4.78 is 23.8. The SMILES string of the molecule is O=C(Nc1cccc(Br)c1)C1CCCS(=O)(=O)C1. The Balaban J connectivity index is 2.04. The van der Waals surface area contributed by atoms with Crippen LogP contribution >= 0.6 is 15.9 Å². The van der Waals surface area contributed by atoms with Gasteiger partial charge in [0.05, 0.1) is 17.4 Å². The van der Waals surface area contributed by atoms with Crippen molar-refractivity contribution in [3.63, 3.8) is 0 Å². The van der Waals surface area contributed by atoms with Crippen molar-refractivity contribution in [2.24, 2.45) is 5.92 Å². The molecule has 0 radical (unpaired) electrons. The maximum Gasteiger partial charge on any atom is 0.228 e. The lowest BCUT2D eigenvalue weighted by Crippen LogP contribution is -2.34.